The van der Waals surface area contributed by atoms with E-state index in [9.17, 15) is 4.39 Å². The molecule has 1 nitrogen and oxygen atoms in total. The lowest BCUT2D eigenvalue weighted by Crippen LogP contribution is -2.50. The minimum atomic E-state index is -0.572. The van der Waals surface area contributed by atoms with E-state index in [0.29, 0.717) is 18.3 Å². The van der Waals surface area contributed by atoms with Crippen molar-refractivity contribution in [2.24, 2.45) is 0 Å². The monoisotopic (exact) mass is 149 g/mol. The molecule has 1 atom stereocenters. The summed E-state index contributed by atoms with van der Waals surface area (Å²) in [5.41, 5.74) is 0. The molecule has 1 heterocycles. The van der Waals surface area contributed by atoms with E-state index in [0.717, 1.165) is 6.54 Å². The van der Waals surface area contributed by atoms with E-state index in [1.807, 2.05) is 6.92 Å². The van der Waals surface area contributed by atoms with Crippen LogP contribution in [0.15, 0.2) is 0 Å². The molecule has 1 rings (SSSR count). The first-order chi connectivity index (χ1) is 4.18. The second kappa shape index (κ2) is 2.88. The van der Waals surface area contributed by atoms with Crippen LogP contribution in [0.25, 0.3) is 0 Å². The fourth-order valence-electron chi connectivity index (χ4n) is 1.03. The Morgan fingerprint density at radius 3 is 2.67 bits per heavy atom. The molecule has 0 saturated carbocycles. The van der Waals surface area contributed by atoms with Gasteiger partial charge in [-0.15, -0.1) is 0 Å². The van der Waals surface area contributed by atoms with E-state index in [4.69, 9.17) is 0 Å². The van der Waals surface area contributed by atoms with Gasteiger partial charge < -0.3 is 0 Å². The molecule has 1 aliphatic rings. The van der Waals surface area contributed by atoms with Crippen molar-refractivity contribution in [3.63, 3.8) is 0 Å². The van der Waals surface area contributed by atoms with Crippen LogP contribution in [-0.2, 0) is 0 Å². The van der Waals surface area contributed by atoms with Gasteiger partial charge in [-0.05, 0) is 0 Å². The van der Waals surface area contributed by atoms with Gasteiger partial charge in [0.2, 0.25) is 0 Å². The molecule has 3 heteroatoms. The highest BCUT2D eigenvalue weighted by atomic mass is 32.1. The van der Waals surface area contributed by atoms with Crippen molar-refractivity contribution in [2.75, 3.05) is 19.6 Å². The summed E-state index contributed by atoms with van der Waals surface area (Å²) >= 11 is 4.19. The van der Waals surface area contributed by atoms with Gasteiger partial charge in [0.25, 0.3) is 0 Å². The van der Waals surface area contributed by atoms with Crippen LogP contribution in [0.2, 0.25) is 0 Å². The maximum atomic E-state index is 12.2. The van der Waals surface area contributed by atoms with Gasteiger partial charge in [-0.2, -0.15) is 12.6 Å². The van der Waals surface area contributed by atoms with E-state index in [2.05, 4.69) is 17.5 Å². The van der Waals surface area contributed by atoms with Gasteiger partial charge >= 0.3 is 0 Å². The zero-order valence-electron chi connectivity index (χ0n) is 5.55. The molecular formula is C6H12FNS. The summed E-state index contributed by atoms with van der Waals surface area (Å²) in [6.45, 7) is 4.17. The minimum Gasteiger partial charge on any atom is -0.296 e. The summed E-state index contributed by atoms with van der Waals surface area (Å²) in [5, 5.41) is 0.373. The Hall–Kier alpha value is 0.240. The number of nitrogens with zero attached hydrogens (tertiary/aromatic N) is 1. The lowest BCUT2D eigenvalue weighted by molar-refractivity contribution is 0.0675. The average molecular weight is 149 g/mol. The van der Waals surface area contributed by atoms with Crippen LogP contribution >= 0.6 is 12.6 Å². The van der Waals surface area contributed by atoms with Crippen LogP contribution in [-0.4, -0.2) is 36.0 Å². The summed E-state index contributed by atoms with van der Waals surface area (Å²) in [5.74, 6) is 0. The molecule has 0 N–H and O–H groups in total. The largest absolute Gasteiger partial charge is 0.296 e. The van der Waals surface area contributed by atoms with E-state index in [1.54, 1.807) is 0 Å². The number of halogens is 1. The average Bonchev–Trinajstić information content (AvgIpc) is 1.60. The van der Waals surface area contributed by atoms with Gasteiger partial charge in [-0.25, -0.2) is 4.39 Å². The van der Waals surface area contributed by atoms with E-state index < -0.39 is 6.17 Å². The molecule has 0 aliphatic carbocycles. The maximum absolute atomic E-state index is 12.2. The van der Waals surface area contributed by atoms with Crippen molar-refractivity contribution in [1.82, 2.24) is 4.90 Å². The van der Waals surface area contributed by atoms with Crippen molar-refractivity contribution < 1.29 is 4.39 Å². The highest BCUT2D eigenvalue weighted by Crippen LogP contribution is 2.12. The Bertz CT molecular complexity index is 91.1. The van der Waals surface area contributed by atoms with Crippen molar-refractivity contribution in [1.29, 1.82) is 0 Å². The normalized spacial score (nSPS) is 25.7. The molecule has 0 aromatic heterocycles. The van der Waals surface area contributed by atoms with Crippen molar-refractivity contribution in [3.8, 4) is 0 Å². The number of likely N-dealkylation sites (tertiary alicyclic amines) is 1. The van der Waals surface area contributed by atoms with E-state index in [-0.39, 0.29) is 0 Å². The Labute approximate surface area is 60.6 Å². The second-order valence-corrected chi connectivity index (χ2v) is 3.55. The number of hydrogen-bond donors (Lipinski definition) is 1. The third-order valence-electron chi connectivity index (χ3n) is 1.44. The molecule has 0 spiro atoms. The van der Waals surface area contributed by atoms with E-state index in [1.165, 1.54) is 0 Å². The second-order valence-electron chi connectivity index (χ2n) is 2.66. The lowest BCUT2D eigenvalue weighted by atomic mass is 10.2. The van der Waals surface area contributed by atoms with Gasteiger partial charge in [0, 0.05) is 24.9 Å². The van der Waals surface area contributed by atoms with Crippen LogP contribution in [0.5, 0.6) is 0 Å². The molecule has 9 heavy (non-hydrogen) atoms. The topological polar surface area (TPSA) is 3.24 Å². The molecule has 0 aromatic carbocycles. The number of alkyl halides is 1. The molecule has 0 unspecified atom stereocenters. The predicted octanol–water partition coefficient (Wildman–Crippen LogP) is 0.958. The lowest BCUT2D eigenvalue weighted by Gasteiger charge is -2.35. The summed E-state index contributed by atoms with van der Waals surface area (Å²) in [4.78, 5) is 2.07. The van der Waals surface area contributed by atoms with E-state index >= 15 is 0 Å². The van der Waals surface area contributed by atoms with Crippen molar-refractivity contribution >= 4 is 12.6 Å². The van der Waals surface area contributed by atoms with Crippen LogP contribution in [0.1, 0.15) is 6.92 Å². The highest BCUT2D eigenvalue weighted by Gasteiger charge is 2.25. The molecule has 1 fully saturated rings. The van der Waals surface area contributed by atoms with Crippen LogP contribution in [0.3, 0.4) is 0 Å². The SMILES string of the molecule is C[C@H](S)CN1CC(F)C1. The Morgan fingerprint density at radius 2 is 2.33 bits per heavy atom. The molecule has 0 aromatic rings. The van der Waals surface area contributed by atoms with Gasteiger partial charge in [-0.3, -0.25) is 4.90 Å². The highest BCUT2D eigenvalue weighted by molar-refractivity contribution is 7.80. The van der Waals surface area contributed by atoms with Crippen LogP contribution < -0.4 is 0 Å². The third kappa shape index (κ3) is 2.14. The standard InChI is InChI=1S/C6H12FNS/c1-5(9)2-8-3-6(7)4-8/h5-6,9H,2-4H2,1H3/t5-/m0/s1. The summed E-state index contributed by atoms with van der Waals surface area (Å²) in [6.07, 6.45) is -0.572. The summed E-state index contributed by atoms with van der Waals surface area (Å²) in [6, 6.07) is 0. The Kier molecular flexibility index (Phi) is 2.35. The number of thiol groups is 1. The Balaban J connectivity index is 2.04. The summed E-state index contributed by atoms with van der Waals surface area (Å²) in [7, 11) is 0. The number of rotatable bonds is 2. The first-order valence-corrected chi connectivity index (χ1v) is 3.74. The molecule has 0 amide bonds. The van der Waals surface area contributed by atoms with Crippen LogP contribution in [0.4, 0.5) is 4.39 Å². The molecule has 54 valence electrons. The smallest absolute Gasteiger partial charge is 0.125 e. The van der Waals surface area contributed by atoms with Gasteiger partial charge in [0.15, 0.2) is 0 Å². The maximum Gasteiger partial charge on any atom is 0.125 e. The van der Waals surface area contributed by atoms with Gasteiger partial charge in [0.1, 0.15) is 6.17 Å². The Morgan fingerprint density at radius 1 is 1.78 bits per heavy atom. The summed E-state index contributed by atoms with van der Waals surface area (Å²) < 4.78 is 12.2. The first kappa shape index (κ1) is 7.35. The van der Waals surface area contributed by atoms with Crippen LogP contribution in [0, 0.1) is 0 Å². The zero-order chi connectivity index (χ0) is 6.85. The first-order valence-electron chi connectivity index (χ1n) is 3.23. The molecule has 0 bridgehead atoms. The third-order valence-corrected chi connectivity index (χ3v) is 1.60. The fraction of sp³-hybridized carbons (Fsp3) is 1.00. The minimum absolute atomic E-state index is 0.373. The van der Waals surface area contributed by atoms with Gasteiger partial charge in [-0.1, -0.05) is 6.92 Å². The molecule has 1 saturated heterocycles. The number of hydrogen-bond acceptors (Lipinski definition) is 2. The molecule has 0 radical (unpaired) electrons. The fourth-order valence-corrected chi connectivity index (χ4v) is 1.26. The zero-order valence-corrected chi connectivity index (χ0v) is 6.44. The van der Waals surface area contributed by atoms with Gasteiger partial charge in [0.05, 0.1) is 0 Å². The molecule has 1 aliphatic heterocycles. The van der Waals surface area contributed by atoms with Crippen molar-refractivity contribution in [2.45, 2.75) is 18.3 Å². The molecular weight excluding hydrogens is 137 g/mol. The quantitative estimate of drug-likeness (QED) is 0.572. The predicted molar refractivity (Wildman–Crippen MR) is 39.8 cm³/mol. The van der Waals surface area contributed by atoms with Crippen molar-refractivity contribution in [3.05, 3.63) is 0 Å².